The zero-order chi connectivity index (χ0) is 21.5. The molecule has 0 bridgehead atoms. The molecule has 154 valence electrons. The molecule has 0 fully saturated rings. The van der Waals surface area contributed by atoms with E-state index >= 15 is 0 Å². The van der Waals surface area contributed by atoms with Crippen LogP contribution in [-0.4, -0.2) is 11.9 Å². The van der Waals surface area contributed by atoms with Gasteiger partial charge in [-0.2, -0.15) is 0 Å². The van der Waals surface area contributed by atoms with Crippen molar-refractivity contribution in [2.24, 2.45) is 5.73 Å². The zero-order valence-corrected chi connectivity index (χ0v) is 17.4. The summed E-state index contributed by atoms with van der Waals surface area (Å²) in [4.78, 5) is 24.1. The highest BCUT2D eigenvalue weighted by Gasteiger charge is 2.21. The predicted octanol–water partition coefficient (Wildman–Crippen LogP) is 4.98. The van der Waals surface area contributed by atoms with E-state index in [1.807, 2.05) is 49.4 Å². The molecule has 0 unspecified atom stereocenters. The normalized spacial score (nSPS) is 12.6. The standard InChI is InChI=1S/C24H24ClN3O2/c1-16(17-11-13-19(14-12-17)18-7-3-2-4-8-18)27-23(29)15-22(28-24(26)30)20-9-5-6-10-21(20)25/h2-14,16,22H,15H2,1H3,(H,27,29)(H3,26,28,30)/t16-,22+/m1/s1. The summed E-state index contributed by atoms with van der Waals surface area (Å²) >= 11 is 6.23. The monoisotopic (exact) mass is 421 g/mol. The van der Waals surface area contributed by atoms with Crippen LogP contribution in [0.15, 0.2) is 78.9 Å². The van der Waals surface area contributed by atoms with Crippen molar-refractivity contribution < 1.29 is 9.59 Å². The van der Waals surface area contributed by atoms with Crippen molar-refractivity contribution in [1.82, 2.24) is 10.6 Å². The lowest BCUT2D eigenvalue weighted by Gasteiger charge is -2.21. The van der Waals surface area contributed by atoms with Crippen LogP contribution in [0, 0.1) is 0 Å². The van der Waals surface area contributed by atoms with Gasteiger partial charge in [-0.1, -0.05) is 84.4 Å². The molecule has 0 aliphatic carbocycles. The van der Waals surface area contributed by atoms with Gasteiger partial charge in [0.1, 0.15) is 0 Å². The molecule has 0 aromatic heterocycles. The maximum Gasteiger partial charge on any atom is 0.312 e. The third-order valence-corrected chi connectivity index (χ3v) is 5.23. The molecule has 0 saturated carbocycles. The summed E-state index contributed by atoms with van der Waals surface area (Å²) in [7, 11) is 0. The van der Waals surface area contributed by atoms with Gasteiger partial charge in [0, 0.05) is 5.02 Å². The van der Waals surface area contributed by atoms with Crippen LogP contribution in [0.3, 0.4) is 0 Å². The third kappa shape index (κ3) is 5.61. The number of nitrogens with one attached hydrogen (secondary N) is 2. The number of primary amides is 1. The van der Waals surface area contributed by atoms with E-state index in [1.54, 1.807) is 24.3 Å². The first-order valence-corrected chi connectivity index (χ1v) is 10.1. The lowest BCUT2D eigenvalue weighted by atomic mass is 10.0. The zero-order valence-electron chi connectivity index (χ0n) is 16.6. The highest BCUT2D eigenvalue weighted by atomic mass is 35.5. The Bertz CT molecular complexity index is 1010. The summed E-state index contributed by atoms with van der Waals surface area (Å²) < 4.78 is 0. The summed E-state index contributed by atoms with van der Waals surface area (Å²) in [6, 6.07) is 23.7. The first-order chi connectivity index (χ1) is 14.4. The number of hydrogen-bond acceptors (Lipinski definition) is 2. The van der Waals surface area contributed by atoms with E-state index in [4.69, 9.17) is 17.3 Å². The average Bonchev–Trinajstić information content (AvgIpc) is 2.74. The first-order valence-electron chi connectivity index (χ1n) is 9.69. The molecular formula is C24H24ClN3O2. The largest absolute Gasteiger partial charge is 0.352 e. The van der Waals surface area contributed by atoms with E-state index in [0.29, 0.717) is 10.6 Å². The van der Waals surface area contributed by atoms with E-state index < -0.39 is 12.1 Å². The molecule has 4 N–H and O–H groups in total. The summed E-state index contributed by atoms with van der Waals surface area (Å²) in [5.74, 6) is -0.215. The van der Waals surface area contributed by atoms with Gasteiger partial charge in [-0.25, -0.2) is 4.79 Å². The second-order valence-electron chi connectivity index (χ2n) is 7.06. The van der Waals surface area contributed by atoms with Crippen molar-refractivity contribution in [2.75, 3.05) is 0 Å². The van der Waals surface area contributed by atoms with Gasteiger partial charge in [-0.05, 0) is 35.2 Å². The minimum absolute atomic E-state index is 0.0269. The maximum absolute atomic E-state index is 12.6. The van der Waals surface area contributed by atoms with Crippen LogP contribution >= 0.6 is 11.6 Å². The first kappa shape index (κ1) is 21.4. The van der Waals surface area contributed by atoms with Gasteiger partial charge in [0.05, 0.1) is 18.5 Å². The van der Waals surface area contributed by atoms with Crippen LogP contribution in [0.25, 0.3) is 11.1 Å². The molecule has 5 nitrogen and oxygen atoms in total. The Hall–Kier alpha value is -3.31. The molecule has 0 heterocycles. The fourth-order valence-electron chi connectivity index (χ4n) is 3.33. The van der Waals surface area contributed by atoms with Crippen LogP contribution in [-0.2, 0) is 4.79 Å². The lowest BCUT2D eigenvalue weighted by Crippen LogP contribution is -2.37. The molecule has 3 aromatic carbocycles. The number of rotatable bonds is 7. The van der Waals surface area contributed by atoms with E-state index in [0.717, 1.165) is 16.7 Å². The van der Waals surface area contributed by atoms with Gasteiger partial charge in [-0.3, -0.25) is 4.79 Å². The van der Waals surface area contributed by atoms with Crippen molar-refractivity contribution in [3.05, 3.63) is 95.0 Å². The van der Waals surface area contributed by atoms with Crippen molar-refractivity contribution in [3.63, 3.8) is 0 Å². The number of urea groups is 1. The fourth-order valence-corrected chi connectivity index (χ4v) is 3.60. The molecule has 3 aromatic rings. The van der Waals surface area contributed by atoms with E-state index in [1.165, 1.54) is 0 Å². The second kappa shape index (κ2) is 9.94. The van der Waals surface area contributed by atoms with Gasteiger partial charge in [0.2, 0.25) is 5.91 Å². The Balaban J connectivity index is 1.66. The van der Waals surface area contributed by atoms with Crippen LogP contribution in [0.2, 0.25) is 5.02 Å². The highest BCUT2D eigenvalue weighted by molar-refractivity contribution is 6.31. The SMILES string of the molecule is C[C@@H](NC(=O)C[C@H](NC(N)=O)c1ccccc1Cl)c1ccc(-c2ccccc2)cc1. The van der Waals surface area contributed by atoms with Gasteiger partial charge in [0.25, 0.3) is 0 Å². The minimum Gasteiger partial charge on any atom is -0.352 e. The van der Waals surface area contributed by atoms with Gasteiger partial charge in [0.15, 0.2) is 0 Å². The number of carbonyl (C=O) groups excluding carboxylic acids is 2. The molecule has 2 atom stereocenters. The summed E-state index contributed by atoms with van der Waals surface area (Å²) in [6.07, 6.45) is 0.0269. The molecule has 3 rings (SSSR count). The summed E-state index contributed by atoms with van der Waals surface area (Å²) in [5, 5.41) is 6.04. The summed E-state index contributed by atoms with van der Waals surface area (Å²) in [5.41, 5.74) is 9.17. The Kier molecular flexibility index (Phi) is 7.09. The highest BCUT2D eigenvalue weighted by Crippen LogP contribution is 2.26. The van der Waals surface area contributed by atoms with Gasteiger partial charge < -0.3 is 16.4 Å². The topological polar surface area (TPSA) is 84.2 Å². The Morgan fingerprint density at radius 2 is 1.47 bits per heavy atom. The van der Waals surface area contributed by atoms with Gasteiger partial charge >= 0.3 is 6.03 Å². The third-order valence-electron chi connectivity index (χ3n) is 4.88. The van der Waals surface area contributed by atoms with Crippen LogP contribution in [0.4, 0.5) is 4.79 Å². The number of nitrogens with two attached hydrogens (primary N) is 1. The number of benzene rings is 3. The molecule has 0 spiro atoms. The molecule has 0 radical (unpaired) electrons. The number of amides is 3. The molecule has 0 aliphatic heterocycles. The van der Waals surface area contributed by atoms with Gasteiger partial charge in [-0.15, -0.1) is 0 Å². The Morgan fingerprint density at radius 3 is 2.10 bits per heavy atom. The van der Waals surface area contributed by atoms with Crippen molar-refractivity contribution in [2.45, 2.75) is 25.4 Å². The van der Waals surface area contributed by atoms with E-state index in [-0.39, 0.29) is 18.4 Å². The number of halogens is 1. The van der Waals surface area contributed by atoms with Crippen molar-refractivity contribution in [1.29, 1.82) is 0 Å². The lowest BCUT2D eigenvalue weighted by molar-refractivity contribution is -0.122. The quantitative estimate of drug-likeness (QED) is 0.502. The smallest absolute Gasteiger partial charge is 0.312 e. The molecular weight excluding hydrogens is 398 g/mol. The second-order valence-corrected chi connectivity index (χ2v) is 7.47. The number of carbonyl (C=O) groups is 2. The van der Waals surface area contributed by atoms with Crippen molar-refractivity contribution >= 4 is 23.5 Å². The van der Waals surface area contributed by atoms with Crippen LogP contribution in [0.5, 0.6) is 0 Å². The maximum atomic E-state index is 12.6. The molecule has 0 aliphatic rings. The average molecular weight is 422 g/mol. The molecule has 0 saturated heterocycles. The van der Waals surface area contributed by atoms with E-state index in [2.05, 4.69) is 22.8 Å². The molecule has 6 heteroatoms. The Labute approximate surface area is 181 Å². The van der Waals surface area contributed by atoms with Crippen molar-refractivity contribution in [3.8, 4) is 11.1 Å². The molecule has 3 amide bonds. The van der Waals surface area contributed by atoms with E-state index in [9.17, 15) is 9.59 Å². The fraction of sp³-hybridized carbons (Fsp3) is 0.167. The number of hydrogen-bond donors (Lipinski definition) is 3. The summed E-state index contributed by atoms with van der Waals surface area (Å²) in [6.45, 7) is 1.92. The van der Waals surface area contributed by atoms with Crippen LogP contribution < -0.4 is 16.4 Å². The molecule has 30 heavy (non-hydrogen) atoms. The minimum atomic E-state index is -0.711. The predicted molar refractivity (Wildman–Crippen MR) is 120 cm³/mol. The Morgan fingerprint density at radius 1 is 0.867 bits per heavy atom. The van der Waals surface area contributed by atoms with Crippen LogP contribution in [0.1, 0.15) is 36.6 Å².